The predicted molar refractivity (Wildman–Crippen MR) is 116 cm³/mol. The smallest absolute Gasteiger partial charge is 0.307 e. The molecule has 1 aromatic heterocycles. The SMILES string of the molecule is CCOC(=O)C[C@H](N[S+]([O-])c1ccc(C)cc1)c1cccc(-c2c(C)noc2C)c1. The van der Waals surface area contributed by atoms with Gasteiger partial charge < -0.3 is 13.8 Å². The van der Waals surface area contributed by atoms with E-state index in [4.69, 9.17) is 9.26 Å². The fourth-order valence-corrected chi connectivity index (χ4v) is 4.28. The maximum absolute atomic E-state index is 12.9. The second-order valence-corrected chi connectivity index (χ2v) is 8.33. The molecule has 0 aliphatic rings. The summed E-state index contributed by atoms with van der Waals surface area (Å²) in [5.41, 5.74) is 4.57. The van der Waals surface area contributed by atoms with E-state index in [9.17, 15) is 9.35 Å². The van der Waals surface area contributed by atoms with Crippen molar-refractivity contribution in [2.45, 2.75) is 45.1 Å². The molecule has 0 fully saturated rings. The molecule has 0 aliphatic heterocycles. The van der Waals surface area contributed by atoms with Gasteiger partial charge in [0.25, 0.3) is 0 Å². The second kappa shape index (κ2) is 9.93. The Kier molecular flexibility index (Phi) is 7.31. The van der Waals surface area contributed by atoms with E-state index in [0.29, 0.717) is 11.5 Å². The van der Waals surface area contributed by atoms with E-state index in [1.807, 2.05) is 69.3 Å². The first kappa shape index (κ1) is 22.1. The van der Waals surface area contributed by atoms with Gasteiger partial charge >= 0.3 is 5.97 Å². The van der Waals surface area contributed by atoms with Crippen LogP contribution in [0.5, 0.6) is 0 Å². The van der Waals surface area contributed by atoms with Crippen LogP contribution in [0.15, 0.2) is 57.9 Å². The lowest BCUT2D eigenvalue weighted by Crippen LogP contribution is -2.30. The summed E-state index contributed by atoms with van der Waals surface area (Å²) < 4.78 is 26.4. The molecule has 0 saturated heterocycles. The van der Waals surface area contributed by atoms with E-state index in [0.717, 1.165) is 33.7 Å². The standard InChI is InChI=1S/C23H26N2O4S/c1-5-28-22(26)14-21(25-30(27)20-11-9-15(2)10-12-20)18-7-6-8-19(13-18)23-16(3)24-29-17(23)4/h6-13,21,25H,5,14H2,1-4H3/t21-,30?/m0/s1. The van der Waals surface area contributed by atoms with Gasteiger partial charge in [0.1, 0.15) is 5.76 Å². The van der Waals surface area contributed by atoms with Crippen LogP contribution in [0.25, 0.3) is 11.1 Å². The van der Waals surface area contributed by atoms with E-state index < -0.39 is 17.4 Å². The first-order chi connectivity index (χ1) is 14.4. The maximum Gasteiger partial charge on any atom is 0.307 e. The van der Waals surface area contributed by atoms with E-state index in [1.165, 1.54) is 0 Å². The van der Waals surface area contributed by atoms with E-state index >= 15 is 0 Å². The van der Waals surface area contributed by atoms with Gasteiger partial charge in [-0.05, 0) is 57.0 Å². The fraction of sp³-hybridized carbons (Fsp3) is 0.304. The number of aromatic nitrogens is 1. The molecule has 0 saturated carbocycles. The van der Waals surface area contributed by atoms with Crippen LogP contribution in [0.4, 0.5) is 0 Å². The number of esters is 1. The van der Waals surface area contributed by atoms with Gasteiger partial charge in [-0.3, -0.25) is 4.79 Å². The number of carbonyl (C=O) groups is 1. The first-order valence-corrected chi connectivity index (χ1v) is 11.0. The highest BCUT2D eigenvalue weighted by molar-refractivity contribution is 7.89. The van der Waals surface area contributed by atoms with E-state index in [-0.39, 0.29) is 12.4 Å². The molecule has 30 heavy (non-hydrogen) atoms. The average molecular weight is 427 g/mol. The molecule has 0 bridgehead atoms. The van der Waals surface area contributed by atoms with Gasteiger partial charge in [-0.2, -0.15) is 0 Å². The van der Waals surface area contributed by atoms with Gasteiger partial charge in [0.15, 0.2) is 4.90 Å². The van der Waals surface area contributed by atoms with Crippen LogP contribution in [0.3, 0.4) is 0 Å². The molecule has 0 amide bonds. The van der Waals surface area contributed by atoms with Crippen LogP contribution in [-0.4, -0.2) is 22.3 Å². The topological polar surface area (TPSA) is 87.4 Å². The van der Waals surface area contributed by atoms with Crippen molar-refractivity contribution in [3.8, 4) is 11.1 Å². The van der Waals surface area contributed by atoms with Gasteiger partial charge in [-0.25, -0.2) is 0 Å². The van der Waals surface area contributed by atoms with Crippen molar-refractivity contribution in [1.82, 2.24) is 9.88 Å². The fourth-order valence-electron chi connectivity index (χ4n) is 3.28. The lowest BCUT2D eigenvalue weighted by atomic mass is 9.97. The maximum atomic E-state index is 12.9. The van der Waals surface area contributed by atoms with Crippen molar-refractivity contribution in [2.24, 2.45) is 0 Å². The summed E-state index contributed by atoms with van der Waals surface area (Å²) >= 11 is -1.48. The lowest BCUT2D eigenvalue weighted by molar-refractivity contribution is -0.143. The van der Waals surface area contributed by atoms with E-state index in [1.54, 1.807) is 6.92 Å². The van der Waals surface area contributed by atoms with Crippen LogP contribution < -0.4 is 4.72 Å². The molecule has 7 heteroatoms. The minimum atomic E-state index is -1.48. The minimum Gasteiger partial charge on any atom is -0.593 e. The van der Waals surface area contributed by atoms with Crippen LogP contribution >= 0.6 is 0 Å². The Morgan fingerprint density at radius 2 is 1.93 bits per heavy atom. The van der Waals surface area contributed by atoms with Crippen LogP contribution in [-0.2, 0) is 20.9 Å². The molecule has 1 N–H and O–H groups in total. The number of aryl methyl sites for hydroxylation is 3. The van der Waals surface area contributed by atoms with Crippen molar-refractivity contribution < 1.29 is 18.6 Å². The molecule has 0 aliphatic carbocycles. The highest BCUT2D eigenvalue weighted by Crippen LogP contribution is 2.30. The molecule has 6 nitrogen and oxygen atoms in total. The molecule has 1 heterocycles. The van der Waals surface area contributed by atoms with Crippen LogP contribution in [0.1, 0.15) is 42.0 Å². The molecule has 3 rings (SSSR count). The summed E-state index contributed by atoms with van der Waals surface area (Å²) in [6.45, 7) is 7.79. The minimum absolute atomic E-state index is 0.0660. The third kappa shape index (κ3) is 5.30. The average Bonchev–Trinajstić information content (AvgIpc) is 3.06. The zero-order valence-corrected chi connectivity index (χ0v) is 18.4. The Bertz CT molecular complexity index is 981. The van der Waals surface area contributed by atoms with Gasteiger partial charge in [-0.15, -0.1) is 4.72 Å². The molecule has 2 aromatic carbocycles. The van der Waals surface area contributed by atoms with Crippen molar-refractivity contribution >= 4 is 17.3 Å². The lowest BCUT2D eigenvalue weighted by Gasteiger charge is -2.20. The Morgan fingerprint density at radius 3 is 2.57 bits per heavy atom. The Morgan fingerprint density at radius 1 is 1.20 bits per heavy atom. The molecule has 0 radical (unpaired) electrons. The quantitative estimate of drug-likeness (QED) is 0.419. The molecular weight excluding hydrogens is 400 g/mol. The molecule has 0 spiro atoms. The molecule has 3 aromatic rings. The van der Waals surface area contributed by atoms with Gasteiger partial charge in [-0.1, -0.05) is 41.1 Å². The number of rotatable bonds is 8. The number of ether oxygens (including phenoxy) is 1. The number of nitrogens with zero attached hydrogens (tertiary/aromatic N) is 1. The van der Waals surface area contributed by atoms with Crippen molar-refractivity contribution in [3.63, 3.8) is 0 Å². The second-order valence-electron chi connectivity index (χ2n) is 7.09. The summed E-state index contributed by atoms with van der Waals surface area (Å²) in [6.07, 6.45) is 0.0660. The number of nitrogens with one attached hydrogen (secondary N) is 1. The van der Waals surface area contributed by atoms with Crippen LogP contribution in [0, 0.1) is 20.8 Å². The van der Waals surface area contributed by atoms with Crippen LogP contribution in [0.2, 0.25) is 0 Å². The number of hydrogen-bond donors (Lipinski definition) is 1. The summed E-state index contributed by atoms with van der Waals surface area (Å²) in [6, 6.07) is 14.7. The monoisotopic (exact) mass is 426 g/mol. The zero-order valence-electron chi connectivity index (χ0n) is 17.6. The van der Waals surface area contributed by atoms with Crippen molar-refractivity contribution in [1.29, 1.82) is 0 Å². The number of hydrogen-bond acceptors (Lipinski definition) is 6. The third-order valence-electron chi connectivity index (χ3n) is 4.77. The summed E-state index contributed by atoms with van der Waals surface area (Å²) in [4.78, 5) is 12.9. The molecule has 2 atom stereocenters. The van der Waals surface area contributed by atoms with E-state index in [2.05, 4.69) is 9.88 Å². The predicted octanol–water partition coefficient (Wildman–Crippen LogP) is 4.57. The highest BCUT2D eigenvalue weighted by Gasteiger charge is 2.24. The molecule has 158 valence electrons. The highest BCUT2D eigenvalue weighted by atomic mass is 32.2. The summed E-state index contributed by atoms with van der Waals surface area (Å²) in [5.74, 6) is 0.376. The Labute approximate surface area is 179 Å². The zero-order chi connectivity index (χ0) is 21.7. The normalized spacial score (nSPS) is 13.1. The summed E-state index contributed by atoms with van der Waals surface area (Å²) in [7, 11) is 0. The van der Waals surface area contributed by atoms with Crippen molar-refractivity contribution in [3.05, 3.63) is 71.1 Å². The first-order valence-electron chi connectivity index (χ1n) is 9.82. The Balaban J connectivity index is 1.91. The third-order valence-corrected chi connectivity index (χ3v) is 5.97. The van der Waals surface area contributed by atoms with Gasteiger partial charge in [0.2, 0.25) is 0 Å². The Hall–Kier alpha value is -2.61. The molecule has 1 unspecified atom stereocenters. The van der Waals surface area contributed by atoms with Gasteiger partial charge in [0.05, 0.1) is 36.1 Å². The van der Waals surface area contributed by atoms with Gasteiger partial charge in [0, 0.05) is 5.56 Å². The number of carbonyl (C=O) groups excluding carboxylic acids is 1. The largest absolute Gasteiger partial charge is 0.593 e. The molecular formula is C23H26N2O4S. The number of benzene rings is 2. The van der Waals surface area contributed by atoms with Crippen molar-refractivity contribution in [2.75, 3.05) is 6.61 Å². The summed E-state index contributed by atoms with van der Waals surface area (Å²) in [5, 5.41) is 4.02.